The van der Waals surface area contributed by atoms with Crippen LogP contribution in [0.2, 0.25) is 0 Å². The summed E-state index contributed by atoms with van der Waals surface area (Å²) in [5.74, 6) is -0.525. The standard InChI is InChI=1S/C10H13NO5S2/c1-15-10(12)9-6-8(7-17-9)18(13,14)11-2-4-16-5-3-11/h6-7H,2-5H2,1H3. The second-order valence-electron chi connectivity index (χ2n) is 3.65. The maximum Gasteiger partial charge on any atom is 0.348 e. The van der Waals surface area contributed by atoms with Crippen molar-refractivity contribution in [3.05, 3.63) is 16.3 Å². The molecule has 8 heteroatoms. The first kappa shape index (κ1) is 13.5. The Balaban J connectivity index is 2.24. The molecule has 0 spiro atoms. The highest BCUT2D eigenvalue weighted by Gasteiger charge is 2.28. The van der Waals surface area contributed by atoms with Gasteiger partial charge in [0.05, 0.1) is 25.2 Å². The van der Waals surface area contributed by atoms with E-state index in [1.807, 2.05) is 0 Å². The largest absolute Gasteiger partial charge is 0.465 e. The van der Waals surface area contributed by atoms with E-state index < -0.39 is 16.0 Å². The van der Waals surface area contributed by atoms with Gasteiger partial charge in [-0.05, 0) is 6.07 Å². The molecule has 2 rings (SSSR count). The molecule has 2 heterocycles. The summed E-state index contributed by atoms with van der Waals surface area (Å²) < 4.78 is 35.5. The third kappa shape index (κ3) is 2.56. The smallest absolute Gasteiger partial charge is 0.348 e. The topological polar surface area (TPSA) is 72.9 Å². The zero-order chi connectivity index (χ0) is 13.2. The van der Waals surface area contributed by atoms with E-state index in [1.165, 1.54) is 22.9 Å². The van der Waals surface area contributed by atoms with Crippen LogP contribution in [-0.4, -0.2) is 52.1 Å². The monoisotopic (exact) mass is 291 g/mol. The fourth-order valence-corrected chi connectivity index (χ4v) is 4.18. The van der Waals surface area contributed by atoms with Crippen LogP contribution in [0, 0.1) is 0 Å². The lowest BCUT2D eigenvalue weighted by Crippen LogP contribution is -2.40. The first-order chi connectivity index (χ1) is 8.55. The van der Waals surface area contributed by atoms with Crippen LogP contribution in [0.25, 0.3) is 0 Å². The average Bonchev–Trinajstić information content (AvgIpc) is 2.89. The molecular formula is C10H13NO5S2. The summed E-state index contributed by atoms with van der Waals surface area (Å²) in [6.45, 7) is 1.47. The van der Waals surface area contributed by atoms with Crippen LogP contribution in [0.15, 0.2) is 16.3 Å². The molecule has 0 bridgehead atoms. The molecule has 0 atom stereocenters. The van der Waals surface area contributed by atoms with Crippen LogP contribution in [0.4, 0.5) is 0 Å². The van der Waals surface area contributed by atoms with Gasteiger partial charge in [0.2, 0.25) is 10.0 Å². The summed E-state index contributed by atoms with van der Waals surface area (Å²) in [6, 6.07) is 1.35. The highest BCUT2D eigenvalue weighted by Crippen LogP contribution is 2.23. The summed E-state index contributed by atoms with van der Waals surface area (Å²) >= 11 is 1.06. The number of nitrogens with zero attached hydrogens (tertiary/aromatic N) is 1. The van der Waals surface area contributed by atoms with Crippen molar-refractivity contribution in [2.24, 2.45) is 0 Å². The average molecular weight is 291 g/mol. The molecule has 0 amide bonds. The van der Waals surface area contributed by atoms with Crippen LogP contribution >= 0.6 is 11.3 Å². The maximum atomic E-state index is 12.2. The summed E-state index contributed by atoms with van der Waals surface area (Å²) in [7, 11) is -2.26. The normalized spacial score (nSPS) is 17.6. The van der Waals surface area contributed by atoms with Gasteiger partial charge in [0.15, 0.2) is 0 Å². The molecule has 1 aromatic heterocycles. The first-order valence-corrected chi connectivity index (χ1v) is 7.62. The van der Waals surface area contributed by atoms with Gasteiger partial charge in [-0.3, -0.25) is 0 Å². The Hall–Kier alpha value is -0.960. The van der Waals surface area contributed by atoms with E-state index in [9.17, 15) is 13.2 Å². The lowest BCUT2D eigenvalue weighted by Gasteiger charge is -2.25. The molecule has 0 aromatic carbocycles. The number of methoxy groups -OCH3 is 1. The third-order valence-corrected chi connectivity index (χ3v) is 5.51. The zero-order valence-electron chi connectivity index (χ0n) is 9.79. The second-order valence-corrected chi connectivity index (χ2v) is 6.50. The Morgan fingerprint density at radius 1 is 1.44 bits per heavy atom. The second kappa shape index (κ2) is 5.35. The molecule has 1 aliphatic rings. The molecular weight excluding hydrogens is 278 g/mol. The van der Waals surface area contributed by atoms with Gasteiger partial charge in [-0.2, -0.15) is 4.31 Å². The number of thiophene rings is 1. The fraction of sp³-hybridized carbons (Fsp3) is 0.500. The molecule has 1 aromatic rings. The van der Waals surface area contributed by atoms with Crippen molar-refractivity contribution in [2.45, 2.75) is 4.90 Å². The fourth-order valence-electron chi connectivity index (χ4n) is 1.60. The van der Waals surface area contributed by atoms with Crippen molar-refractivity contribution < 1.29 is 22.7 Å². The van der Waals surface area contributed by atoms with Gasteiger partial charge in [0.25, 0.3) is 0 Å². The van der Waals surface area contributed by atoms with Crippen molar-refractivity contribution in [3.8, 4) is 0 Å². The van der Waals surface area contributed by atoms with E-state index in [4.69, 9.17) is 4.74 Å². The molecule has 1 fully saturated rings. The zero-order valence-corrected chi connectivity index (χ0v) is 11.4. The van der Waals surface area contributed by atoms with Gasteiger partial charge >= 0.3 is 5.97 Å². The number of esters is 1. The minimum Gasteiger partial charge on any atom is -0.465 e. The highest BCUT2D eigenvalue weighted by molar-refractivity contribution is 7.89. The first-order valence-electron chi connectivity index (χ1n) is 5.30. The van der Waals surface area contributed by atoms with Gasteiger partial charge in [0, 0.05) is 18.5 Å². The Kier molecular flexibility index (Phi) is 4.00. The quantitative estimate of drug-likeness (QED) is 0.761. The number of carbonyl (C=O) groups is 1. The van der Waals surface area contributed by atoms with Crippen molar-refractivity contribution in [1.29, 1.82) is 0 Å². The predicted octanol–water partition coefficient (Wildman–Crippen LogP) is 0.556. The van der Waals surface area contributed by atoms with Gasteiger partial charge in [0.1, 0.15) is 4.88 Å². The number of morpholine rings is 1. The number of hydrogen-bond donors (Lipinski definition) is 0. The Bertz CT molecular complexity index is 530. The molecule has 18 heavy (non-hydrogen) atoms. The molecule has 1 saturated heterocycles. The number of sulfonamides is 1. The number of carbonyl (C=O) groups excluding carboxylic acids is 1. The molecule has 100 valence electrons. The Morgan fingerprint density at radius 2 is 2.11 bits per heavy atom. The SMILES string of the molecule is COC(=O)c1cc(S(=O)(=O)N2CCOCC2)cs1. The van der Waals surface area contributed by atoms with Crippen LogP contribution < -0.4 is 0 Å². The van der Waals surface area contributed by atoms with Crippen molar-refractivity contribution >= 4 is 27.3 Å². The van der Waals surface area contributed by atoms with E-state index in [0.717, 1.165) is 11.3 Å². The van der Waals surface area contributed by atoms with E-state index in [0.29, 0.717) is 26.3 Å². The maximum absolute atomic E-state index is 12.2. The minimum atomic E-state index is -3.53. The van der Waals surface area contributed by atoms with Gasteiger partial charge < -0.3 is 9.47 Å². The lowest BCUT2D eigenvalue weighted by molar-refractivity contribution is 0.0606. The van der Waals surface area contributed by atoms with Gasteiger partial charge in [-0.1, -0.05) is 0 Å². The summed E-state index contributed by atoms with van der Waals surface area (Å²) in [5.41, 5.74) is 0. The number of hydrogen-bond acceptors (Lipinski definition) is 6. The molecule has 0 unspecified atom stereocenters. The van der Waals surface area contributed by atoms with Crippen LogP contribution in [0.5, 0.6) is 0 Å². The highest BCUT2D eigenvalue weighted by atomic mass is 32.2. The lowest BCUT2D eigenvalue weighted by atomic mass is 10.5. The van der Waals surface area contributed by atoms with Crippen molar-refractivity contribution in [1.82, 2.24) is 4.31 Å². The van der Waals surface area contributed by atoms with Gasteiger partial charge in [-0.15, -0.1) is 11.3 Å². The number of ether oxygens (including phenoxy) is 2. The molecule has 1 aliphatic heterocycles. The van der Waals surface area contributed by atoms with E-state index >= 15 is 0 Å². The van der Waals surface area contributed by atoms with Crippen LogP contribution in [0.3, 0.4) is 0 Å². The summed E-state index contributed by atoms with van der Waals surface area (Å²) in [5, 5.41) is 1.46. The molecule has 0 aliphatic carbocycles. The Labute approximate surface area is 109 Å². The molecule has 6 nitrogen and oxygen atoms in total. The summed E-state index contributed by atoms with van der Waals surface area (Å²) in [4.78, 5) is 11.7. The van der Waals surface area contributed by atoms with E-state index in [1.54, 1.807) is 0 Å². The summed E-state index contributed by atoms with van der Waals surface area (Å²) in [6.07, 6.45) is 0. The predicted molar refractivity (Wildman–Crippen MR) is 65.2 cm³/mol. The van der Waals surface area contributed by atoms with Crippen molar-refractivity contribution in [3.63, 3.8) is 0 Å². The Morgan fingerprint density at radius 3 is 2.72 bits per heavy atom. The minimum absolute atomic E-state index is 0.134. The molecule has 0 saturated carbocycles. The molecule has 0 radical (unpaired) electrons. The van der Waals surface area contributed by atoms with Crippen LogP contribution in [-0.2, 0) is 19.5 Å². The molecule has 0 N–H and O–H groups in total. The van der Waals surface area contributed by atoms with Crippen LogP contribution in [0.1, 0.15) is 9.67 Å². The van der Waals surface area contributed by atoms with E-state index in [-0.39, 0.29) is 9.77 Å². The van der Waals surface area contributed by atoms with Gasteiger partial charge in [-0.25, -0.2) is 13.2 Å². The van der Waals surface area contributed by atoms with Crippen molar-refractivity contribution in [2.75, 3.05) is 33.4 Å². The number of rotatable bonds is 3. The third-order valence-electron chi connectivity index (χ3n) is 2.57. The van der Waals surface area contributed by atoms with E-state index in [2.05, 4.69) is 4.74 Å².